The zero-order valence-electron chi connectivity index (χ0n) is 10.3. The first-order chi connectivity index (χ1) is 9.11. The number of aromatic nitrogens is 2. The van der Waals surface area contributed by atoms with Crippen LogP contribution in [0.1, 0.15) is 18.1 Å². The molecule has 1 N–H and O–H groups in total. The van der Waals surface area contributed by atoms with Gasteiger partial charge in [0, 0.05) is 17.7 Å². The van der Waals surface area contributed by atoms with Crippen LogP contribution in [0.25, 0.3) is 0 Å². The van der Waals surface area contributed by atoms with Crippen LogP contribution in [0.3, 0.4) is 0 Å². The minimum absolute atomic E-state index is 0.129. The highest BCUT2D eigenvalue weighted by Gasteiger charge is 2.09. The van der Waals surface area contributed by atoms with Crippen LogP contribution in [0.5, 0.6) is 0 Å². The zero-order valence-corrected chi connectivity index (χ0v) is 11.0. The second kappa shape index (κ2) is 5.93. The summed E-state index contributed by atoms with van der Waals surface area (Å²) in [4.78, 5) is 7.93. The average Bonchev–Trinajstić information content (AvgIpc) is 2.40. The van der Waals surface area contributed by atoms with Gasteiger partial charge in [-0.1, -0.05) is 18.5 Å². The van der Waals surface area contributed by atoms with E-state index in [4.69, 9.17) is 11.6 Å². The van der Waals surface area contributed by atoms with Crippen LogP contribution < -0.4 is 5.32 Å². The molecule has 0 saturated heterocycles. The van der Waals surface area contributed by atoms with Gasteiger partial charge in [0.05, 0.1) is 0 Å². The number of hydrogen-bond donors (Lipinski definition) is 1. The Morgan fingerprint density at radius 3 is 2.79 bits per heavy atom. The molecule has 0 fully saturated rings. The largest absolute Gasteiger partial charge is 0.366 e. The van der Waals surface area contributed by atoms with Gasteiger partial charge in [-0.15, -0.1) is 0 Å². The van der Waals surface area contributed by atoms with Gasteiger partial charge in [-0.3, -0.25) is 0 Å². The Bertz CT molecular complexity index is 590. The third-order valence-corrected chi connectivity index (χ3v) is 3.03. The number of hydrogen-bond acceptors (Lipinski definition) is 3. The van der Waals surface area contributed by atoms with E-state index in [1.165, 1.54) is 6.33 Å². The fourth-order valence-corrected chi connectivity index (χ4v) is 1.98. The lowest BCUT2D eigenvalue weighted by Crippen LogP contribution is -2.07. The maximum Gasteiger partial charge on any atom is 0.137 e. The van der Waals surface area contributed by atoms with E-state index in [0.717, 1.165) is 23.8 Å². The Balaban J connectivity index is 2.19. The molecule has 0 aliphatic rings. The highest BCUT2D eigenvalue weighted by molar-refractivity contribution is 6.30. The number of nitrogens with zero attached hydrogens (tertiary/aromatic N) is 2. The highest BCUT2D eigenvalue weighted by atomic mass is 35.5. The minimum atomic E-state index is -0.477. The van der Waals surface area contributed by atoms with Crippen LogP contribution in [0, 0.1) is 11.6 Å². The summed E-state index contributed by atoms with van der Waals surface area (Å²) < 4.78 is 26.5. The third-order valence-electron chi connectivity index (χ3n) is 2.70. The van der Waals surface area contributed by atoms with E-state index in [-0.39, 0.29) is 12.1 Å². The number of halogens is 3. The van der Waals surface area contributed by atoms with E-state index in [2.05, 4.69) is 15.3 Å². The molecule has 0 unspecified atom stereocenters. The maximum absolute atomic E-state index is 13.5. The van der Waals surface area contributed by atoms with Crippen LogP contribution >= 0.6 is 11.6 Å². The number of nitrogens with one attached hydrogen (secondary N) is 1. The molecule has 6 heteroatoms. The molecule has 2 aromatic rings. The number of benzene rings is 1. The highest BCUT2D eigenvalue weighted by Crippen LogP contribution is 2.21. The molecule has 3 nitrogen and oxygen atoms in total. The molecule has 19 heavy (non-hydrogen) atoms. The molecular weight excluding hydrogens is 272 g/mol. The summed E-state index contributed by atoms with van der Waals surface area (Å²) in [6, 6.07) is 3.33. The van der Waals surface area contributed by atoms with Gasteiger partial charge in [0.25, 0.3) is 0 Å². The molecule has 0 bridgehead atoms. The smallest absolute Gasteiger partial charge is 0.137 e. The first-order valence-corrected chi connectivity index (χ1v) is 6.16. The van der Waals surface area contributed by atoms with Crippen molar-refractivity contribution in [3.63, 3.8) is 0 Å². The molecule has 100 valence electrons. The minimum Gasteiger partial charge on any atom is -0.366 e. The van der Waals surface area contributed by atoms with E-state index in [1.54, 1.807) is 0 Å². The molecule has 0 aliphatic heterocycles. The van der Waals surface area contributed by atoms with Crippen molar-refractivity contribution in [2.45, 2.75) is 19.9 Å². The van der Waals surface area contributed by atoms with Crippen LogP contribution in [0.15, 0.2) is 24.5 Å². The summed E-state index contributed by atoms with van der Waals surface area (Å²) in [5.74, 6) is -0.409. The average molecular weight is 284 g/mol. The molecule has 1 heterocycles. The Morgan fingerprint density at radius 1 is 1.26 bits per heavy atom. The second-order valence-electron chi connectivity index (χ2n) is 3.93. The third kappa shape index (κ3) is 3.17. The lowest BCUT2D eigenvalue weighted by Gasteiger charge is -2.11. The molecular formula is C13H12ClF2N3. The molecule has 0 atom stereocenters. The Hall–Kier alpha value is -1.75. The quantitative estimate of drug-likeness (QED) is 0.872. The van der Waals surface area contributed by atoms with E-state index in [9.17, 15) is 8.78 Å². The van der Waals surface area contributed by atoms with Crippen LogP contribution in [0.2, 0.25) is 5.15 Å². The Morgan fingerprint density at radius 2 is 2.05 bits per heavy atom. The maximum atomic E-state index is 13.5. The molecule has 0 aliphatic carbocycles. The number of rotatable bonds is 4. The molecule has 0 spiro atoms. The molecule has 0 radical (unpaired) electrons. The van der Waals surface area contributed by atoms with Crippen molar-refractivity contribution in [3.8, 4) is 0 Å². The predicted octanol–water partition coefficient (Wildman–Crippen LogP) is 3.58. The van der Waals surface area contributed by atoms with Crippen molar-refractivity contribution in [2.24, 2.45) is 0 Å². The van der Waals surface area contributed by atoms with E-state index < -0.39 is 11.6 Å². The van der Waals surface area contributed by atoms with E-state index in [1.807, 2.05) is 6.92 Å². The Labute approximate surface area is 114 Å². The van der Waals surface area contributed by atoms with Crippen molar-refractivity contribution in [2.75, 3.05) is 5.32 Å². The predicted molar refractivity (Wildman–Crippen MR) is 70.1 cm³/mol. The van der Waals surface area contributed by atoms with Gasteiger partial charge in [0.15, 0.2) is 0 Å². The molecule has 1 aromatic carbocycles. The Kier molecular flexibility index (Phi) is 4.27. The van der Waals surface area contributed by atoms with Gasteiger partial charge in [0.2, 0.25) is 0 Å². The number of anilines is 1. The van der Waals surface area contributed by atoms with Crippen molar-refractivity contribution in [3.05, 3.63) is 52.4 Å². The first kappa shape index (κ1) is 13.7. The van der Waals surface area contributed by atoms with Gasteiger partial charge >= 0.3 is 0 Å². The lowest BCUT2D eigenvalue weighted by molar-refractivity contribution is 0.587. The van der Waals surface area contributed by atoms with Crippen molar-refractivity contribution in [1.82, 2.24) is 9.97 Å². The molecule has 0 saturated carbocycles. The first-order valence-electron chi connectivity index (χ1n) is 5.79. The fourth-order valence-electron chi connectivity index (χ4n) is 1.71. The van der Waals surface area contributed by atoms with Crippen molar-refractivity contribution in [1.29, 1.82) is 0 Å². The molecule has 1 aromatic heterocycles. The van der Waals surface area contributed by atoms with Gasteiger partial charge in [0.1, 0.15) is 28.9 Å². The van der Waals surface area contributed by atoms with Gasteiger partial charge in [-0.05, 0) is 24.6 Å². The summed E-state index contributed by atoms with van der Waals surface area (Å²) in [5, 5.41) is 3.31. The summed E-state index contributed by atoms with van der Waals surface area (Å²) in [7, 11) is 0. The standard InChI is InChI=1S/C13H12ClF2N3/c1-2-10-12(14)18-7-19-13(10)17-6-8-5-9(15)3-4-11(8)16/h3-5,7H,2,6H2,1H3,(H,17,18,19). The van der Waals surface area contributed by atoms with Crippen LogP contribution in [-0.4, -0.2) is 9.97 Å². The lowest BCUT2D eigenvalue weighted by atomic mass is 10.2. The topological polar surface area (TPSA) is 37.8 Å². The second-order valence-corrected chi connectivity index (χ2v) is 4.29. The SMILES string of the molecule is CCc1c(Cl)ncnc1NCc1cc(F)ccc1F. The van der Waals surface area contributed by atoms with Gasteiger partial charge in [-0.25, -0.2) is 18.7 Å². The van der Waals surface area contributed by atoms with Gasteiger partial charge < -0.3 is 5.32 Å². The summed E-state index contributed by atoms with van der Waals surface area (Å²) in [6.45, 7) is 2.04. The monoisotopic (exact) mass is 283 g/mol. The summed E-state index contributed by atoms with van der Waals surface area (Å²) >= 11 is 5.94. The van der Waals surface area contributed by atoms with Crippen LogP contribution in [-0.2, 0) is 13.0 Å². The fraction of sp³-hybridized carbons (Fsp3) is 0.231. The van der Waals surface area contributed by atoms with Crippen molar-refractivity contribution < 1.29 is 8.78 Å². The molecule has 0 amide bonds. The van der Waals surface area contributed by atoms with Gasteiger partial charge in [-0.2, -0.15) is 0 Å². The zero-order chi connectivity index (χ0) is 13.8. The molecule has 2 rings (SSSR count). The van der Waals surface area contributed by atoms with Crippen LogP contribution in [0.4, 0.5) is 14.6 Å². The summed E-state index contributed by atoms with van der Waals surface area (Å²) in [5.41, 5.74) is 0.984. The normalized spacial score (nSPS) is 10.5. The van der Waals surface area contributed by atoms with E-state index >= 15 is 0 Å². The van der Waals surface area contributed by atoms with E-state index in [0.29, 0.717) is 17.4 Å². The summed E-state index contributed by atoms with van der Waals surface area (Å²) in [6.07, 6.45) is 1.97. The van der Waals surface area contributed by atoms with Crippen molar-refractivity contribution >= 4 is 17.4 Å².